The Morgan fingerprint density at radius 2 is 2.07 bits per heavy atom. The third-order valence-electron chi connectivity index (χ3n) is 4.85. The van der Waals surface area contributed by atoms with E-state index in [9.17, 15) is 4.79 Å². The third-order valence-corrected chi connectivity index (χ3v) is 5.17. The maximum atomic E-state index is 12.8. The Labute approximate surface area is 168 Å². The van der Waals surface area contributed by atoms with Crippen LogP contribution in [0.4, 0.5) is 5.69 Å². The average molecular weight is 397 g/mol. The number of para-hydroxylation sites is 1. The van der Waals surface area contributed by atoms with Gasteiger partial charge < -0.3 is 14.6 Å². The Morgan fingerprint density at radius 3 is 2.86 bits per heavy atom. The van der Waals surface area contributed by atoms with Crippen molar-refractivity contribution in [2.24, 2.45) is 0 Å². The molecule has 3 aromatic rings. The first-order chi connectivity index (χ1) is 13.6. The summed E-state index contributed by atoms with van der Waals surface area (Å²) in [4.78, 5) is 15.0. The molecule has 1 fully saturated rings. The third kappa shape index (κ3) is 4.02. The van der Waals surface area contributed by atoms with Gasteiger partial charge in [0.2, 0.25) is 11.8 Å². The number of benzene rings is 2. The van der Waals surface area contributed by atoms with Crippen LogP contribution in [0.15, 0.2) is 52.9 Å². The largest absolute Gasteiger partial charge is 0.421 e. The van der Waals surface area contributed by atoms with Crippen molar-refractivity contribution >= 4 is 23.2 Å². The number of aromatic nitrogens is 2. The van der Waals surface area contributed by atoms with Crippen molar-refractivity contribution in [3.8, 4) is 11.5 Å². The average Bonchev–Trinajstić information content (AvgIpc) is 3.15. The number of hydrogen-bond acceptors (Lipinski definition) is 5. The molecule has 1 aliphatic rings. The van der Waals surface area contributed by atoms with E-state index in [1.807, 2.05) is 36.4 Å². The fourth-order valence-corrected chi connectivity index (χ4v) is 3.75. The number of carbonyl (C=O) groups excluding carboxylic acids is 1. The van der Waals surface area contributed by atoms with Crippen LogP contribution in [-0.2, 0) is 0 Å². The van der Waals surface area contributed by atoms with Crippen LogP contribution >= 0.6 is 11.6 Å². The molecule has 0 bridgehead atoms. The summed E-state index contributed by atoms with van der Waals surface area (Å²) >= 11 is 6.34. The van der Waals surface area contributed by atoms with E-state index in [0.29, 0.717) is 17.3 Å². The number of piperidine rings is 1. The van der Waals surface area contributed by atoms with E-state index in [1.54, 1.807) is 19.1 Å². The van der Waals surface area contributed by atoms with E-state index in [0.717, 1.165) is 42.2 Å². The highest BCUT2D eigenvalue weighted by molar-refractivity contribution is 6.33. The highest BCUT2D eigenvalue weighted by Gasteiger charge is 2.23. The van der Waals surface area contributed by atoms with Gasteiger partial charge in [-0.3, -0.25) is 4.79 Å². The Hall–Kier alpha value is -2.86. The molecule has 144 valence electrons. The van der Waals surface area contributed by atoms with Gasteiger partial charge in [0.15, 0.2) is 0 Å². The zero-order valence-electron chi connectivity index (χ0n) is 15.6. The summed E-state index contributed by atoms with van der Waals surface area (Å²) in [5, 5.41) is 11.7. The van der Waals surface area contributed by atoms with Crippen LogP contribution in [0.1, 0.15) is 29.1 Å². The van der Waals surface area contributed by atoms with Gasteiger partial charge in [0.25, 0.3) is 5.91 Å². The van der Waals surface area contributed by atoms with Crippen LogP contribution < -0.4 is 10.2 Å². The zero-order valence-corrected chi connectivity index (χ0v) is 16.3. The second-order valence-corrected chi connectivity index (χ2v) is 7.32. The van der Waals surface area contributed by atoms with Gasteiger partial charge in [-0.2, -0.15) is 0 Å². The summed E-state index contributed by atoms with van der Waals surface area (Å²) in [5.74, 6) is 0.797. The minimum atomic E-state index is -0.107. The number of halogens is 1. The number of anilines is 1. The molecule has 0 radical (unpaired) electrons. The van der Waals surface area contributed by atoms with Gasteiger partial charge in [-0.25, -0.2) is 0 Å². The van der Waals surface area contributed by atoms with Gasteiger partial charge in [-0.15, -0.1) is 10.2 Å². The molecule has 1 amide bonds. The first-order valence-corrected chi connectivity index (χ1v) is 9.69. The van der Waals surface area contributed by atoms with Crippen LogP contribution in [0.25, 0.3) is 11.5 Å². The molecular weight excluding hydrogens is 376 g/mol. The molecule has 4 rings (SSSR count). The van der Waals surface area contributed by atoms with Gasteiger partial charge >= 0.3 is 0 Å². The number of carbonyl (C=O) groups is 1. The molecule has 0 saturated carbocycles. The maximum absolute atomic E-state index is 12.8. The summed E-state index contributed by atoms with van der Waals surface area (Å²) in [6, 6.07) is 15.1. The lowest BCUT2D eigenvalue weighted by molar-refractivity contribution is 0.0933. The lowest BCUT2D eigenvalue weighted by atomic mass is 10.0. The molecule has 1 aromatic heterocycles. The Kier molecular flexibility index (Phi) is 5.30. The lowest BCUT2D eigenvalue weighted by Crippen LogP contribution is -2.47. The molecule has 0 aliphatic carbocycles. The summed E-state index contributed by atoms with van der Waals surface area (Å²) in [5.41, 5.74) is 2.31. The van der Waals surface area contributed by atoms with E-state index in [-0.39, 0.29) is 11.9 Å². The number of amides is 1. The highest BCUT2D eigenvalue weighted by atomic mass is 35.5. The molecule has 2 heterocycles. The summed E-state index contributed by atoms with van der Waals surface area (Å²) in [6.45, 7) is 3.40. The fraction of sp³-hybridized carbons (Fsp3) is 0.286. The summed E-state index contributed by atoms with van der Waals surface area (Å²) in [7, 11) is 0. The monoisotopic (exact) mass is 396 g/mol. The number of rotatable bonds is 4. The number of hydrogen-bond donors (Lipinski definition) is 1. The summed E-state index contributed by atoms with van der Waals surface area (Å²) in [6.07, 6.45) is 1.94. The van der Waals surface area contributed by atoms with Crippen LogP contribution in [0.2, 0.25) is 5.02 Å². The minimum Gasteiger partial charge on any atom is -0.421 e. The van der Waals surface area contributed by atoms with Crippen LogP contribution in [0.3, 0.4) is 0 Å². The number of nitrogens with zero attached hydrogens (tertiary/aromatic N) is 3. The predicted molar refractivity (Wildman–Crippen MR) is 109 cm³/mol. The molecule has 1 N–H and O–H groups in total. The number of nitrogens with one attached hydrogen (secondary N) is 1. The van der Waals surface area contributed by atoms with Crippen molar-refractivity contribution in [1.82, 2.24) is 15.5 Å². The predicted octanol–water partition coefficient (Wildman–Crippen LogP) is 4.10. The van der Waals surface area contributed by atoms with Crippen molar-refractivity contribution in [1.29, 1.82) is 0 Å². The van der Waals surface area contributed by atoms with Crippen LogP contribution in [-0.4, -0.2) is 35.2 Å². The molecule has 2 aromatic carbocycles. The van der Waals surface area contributed by atoms with Gasteiger partial charge in [0, 0.05) is 37.2 Å². The van der Waals surface area contributed by atoms with E-state index in [1.165, 1.54) is 0 Å². The summed E-state index contributed by atoms with van der Waals surface area (Å²) < 4.78 is 5.46. The van der Waals surface area contributed by atoms with Crippen molar-refractivity contribution in [3.05, 3.63) is 65.0 Å². The second kappa shape index (κ2) is 8.02. The second-order valence-electron chi connectivity index (χ2n) is 6.92. The Bertz CT molecular complexity index is 988. The minimum absolute atomic E-state index is 0.0619. The fourth-order valence-electron chi connectivity index (χ4n) is 3.50. The highest BCUT2D eigenvalue weighted by Crippen LogP contribution is 2.28. The van der Waals surface area contributed by atoms with Gasteiger partial charge in [0.1, 0.15) is 0 Å². The molecule has 1 saturated heterocycles. The SMILES string of the molecule is Cc1nnc(-c2cccc(C(=O)NC3CCCN(c4ccccc4Cl)C3)c2)o1. The molecule has 28 heavy (non-hydrogen) atoms. The van der Waals surface area contributed by atoms with Crippen molar-refractivity contribution in [2.45, 2.75) is 25.8 Å². The van der Waals surface area contributed by atoms with E-state index in [2.05, 4.69) is 20.4 Å². The van der Waals surface area contributed by atoms with E-state index < -0.39 is 0 Å². The van der Waals surface area contributed by atoms with Gasteiger partial charge in [-0.1, -0.05) is 29.8 Å². The molecule has 6 nitrogen and oxygen atoms in total. The number of aryl methyl sites for hydroxylation is 1. The normalized spacial score (nSPS) is 16.8. The van der Waals surface area contributed by atoms with Gasteiger partial charge in [-0.05, 0) is 43.2 Å². The van der Waals surface area contributed by atoms with E-state index >= 15 is 0 Å². The molecule has 0 spiro atoms. The first kappa shape index (κ1) is 18.5. The standard InChI is InChI=1S/C21H21ClN4O2/c1-14-24-25-21(28-14)16-7-4-6-15(12-16)20(27)23-17-8-5-11-26(13-17)19-10-3-2-9-18(19)22/h2-4,6-7,9-10,12,17H,5,8,11,13H2,1H3,(H,23,27). The van der Waals surface area contributed by atoms with Crippen LogP contribution in [0.5, 0.6) is 0 Å². The van der Waals surface area contributed by atoms with Gasteiger partial charge in [0.05, 0.1) is 10.7 Å². The molecule has 1 unspecified atom stereocenters. The van der Waals surface area contributed by atoms with Crippen LogP contribution in [0, 0.1) is 6.92 Å². The topological polar surface area (TPSA) is 71.3 Å². The van der Waals surface area contributed by atoms with Crippen molar-refractivity contribution in [3.63, 3.8) is 0 Å². The molecular formula is C21H21ClN4O2. The van der Waals surface area contributed by atoms with Crippen molar-refractivity contribution < 1.29 is 9.21 Å². The first-order valence-electron chi connectivity index (χ1n) is 9.31. The Balaban J connectivity index is 1.45. The molecule has 1 atom stereocenters. The molecule has 7 heteroatoms. The Morgan fingerprint density at radius 1 is 1.21 bits per heavy atom. The van der Waals surface area contributed by atoms with E-state index in [4.69, 9.17) is 16.0 Å². The lowest BCUT2D eigenvalue weighted by Gasteiger charge is -2.35. The smallest absolute Gasteiger partial charge is 0.251 e. The zero-order chi connectivity index (χ0) is 19.5. The molecule has 1 aliphatic heterocycles. The van der Waals surface area contributed by atoms with Crippen molar-refractivity contribution in [2.75, 3.05) is 18.0 Å². The quantitative estimate of drug-likeness (QED) is 0.718. The maximum Gasteiger partial charge on any atom is 0.251 e.